The van der Waals surface area contributed by atoms with Crippen LogP contribution in [0.25, 0.3) is 10.9 Å². The van der Waals surface area contributed by atoms with Crippen LogP contribution in [0.5, 0.6) is 0 Å². The molecule has 0 aliphatic heterocycles. The minimum absolute atomic E-state index is 0.772. The number of aryl methyl sites for hydroxylation is 1. The summed E-state index contributed by atoms with van der Waals surface area (Å²) < 4.78 is 2.19. The summed E-state index contributed by atoms with van der Waals surface area (Å²) in [5.41, 5.74) is 3.33. The van der Waals surface area contributed by atoms with E-state index < -0.39 is 0 Å². The molecule has 102 valence electrons. The van der Waals surface area contributed by atoms with Crippen molar-refractivity contribution in [1.29, 1.82) is 0 Å². The first kappa shape index (κ1) is 12.7. The number of hydrogen-bond acceptors (Lipinski definition) is 3. The maximum atomic E-state index is 4.38. The van der Waals surface area contributed by atoms with E-state index in [1.54, 1.807) is 0 Å². The number of hydrogen-bond donors (Lipinski definition) is 1. The molecule has 0 spiro atoms. The van der Waals surface area contributed by atoms with Crippen LogP contribution in [0, 0.1) is 0 Å². The highest BCUT2D eigenvalue weighted by molar-refractivity contribution is 5.91. The molecule has 0 aliphatic carbocycles. The van der Waals surface area contributed by atoms with Gasteiger partial charge in [0, 0.05) is 30.0 Å². The van der Waals surface area contributed by atoms with E-state index in [1.807, 2.05) is 36.9 Å². The number of aromatic nitrogens is 3. The number of pyridine rings is 1. The Morgan fingerprint density at radius 1 is 1.20 bits per heavy atom. The molecule has 0 fully saturated rings. The monoisotopic (exact) mass is 266 g/mol. The van der Waals surface area contributed by atoms with Crippen molar-refractivity contribution < 1.29 is 0 Å². The van der Waals surface area contributed by atoms with Crippen molar-refractivity contribution in [2.75, 3.05) is 5.32 Å². The van der Waals surface area contributed by atoms with Crippen molar-refractivity contribution in [2.24, 2.45) is 0 Å². The molecule has 20 heavy (non-hydrogen) atoms. The minimum Gasteiger partial charge on any atom is -0.379 e. The first-order valence-corrected chi connectivity index (χ1v) is 6.95. The fraction of sp³-hybridized carbons (Fsp3) is 0.250. The zero-order valence-corrected chi connectivity index (χ0v) is 11.6. The quantitative estimate of drug-likeness (QED) is 0.769. The molecule has 4 heteroatoms. The predicted octanol–water partition coefficient (Wildman–Crippen LogP) is 3.45. The van der Waals surface area contributed by atoms with E-state index in [0.29, 0.717) is 0 Å². The average molecular weight is 266 g/mol. The summed E-state index contributed by atoms with van der Waals surface area (Å²) in [6.07, 6.45) is 6.75. The number of nitrogens with zero attached hydrogens (tertiary/aromatic N) is 3. The van der Waals surface area contributed by atoms with E-state index in [9.17, 15) is 0 Å². The van der Waals surface area contributed by atoms with Crippen LogP contribution in [-0.2, 0) is 13.1 Å². The Balaban J connectivity index is 1.81. The van der Waals surface area contributed by atoms with Gasteiger partial charge in [-0.25, -0.2) is 4.98 Å². The van der Waals surface area contributed by atoms with Crippen LogP contribution in [0.1, 0.15) is 19.0 Å². The van der Waals surface area contributed by atoms with Crippen LogP contribution in [0.3, 0.4) is 0 Å². The third-order valence-electron chi connectivity index (χ3n) is 3.37. The number of rotatable bonds is 5. The summed E-state index contributed by atoms with van der Waals surface area (Å²) in [6.45, 7) is 3.95. The third-order valence-corrected chi connectivity index (χ3v) is 3.37. The fourth-order valence-corrected chi connectivity index (χ4v) is 2.38. The fourth-order valence-electron chi connectivity index (χ4n) is 2.38. The van der Waals surface area contributed by atoms with Gasteiger partial charge in [0.05, 0.1) is 24.1 Å². The Morgan fingerprint density at radius 3 is 3.05 bits per heavy atom. The second-order valence-electron chi connectivity index (χ2n) is 4.81. The van der Waals surface area contributed by atoms with Gasteiger partial charge >= 0.3 is 0 Å². The molecule has 2 heterocycles. The lowest BCUT2D eigenvalue weighted by Crippen LogP contribution is -2.07. The second kappa shape index (κ2) is 5.74. The first-order valence-electron chi connectivity index (χ1n) is 6.95. The highest BCUT2D eigenvalue weighted by Crippen LogP contribution is 2.21. The molecule has 0 unspecified atom stereocenters. The average Bonchev–Trinajstić information content (AvgIpc) is 2.93. The molecule has 0 bridgehead atoms. The van der Waals surface area contributed by atoms with Crippen molar-refractivity contribution in [2.45, 2.75) is 26.4 Å². The van der Waals surface area contributed by atoms with Crippen LogP contribution in [0.2, 0.25) is 0 Å². The van der Waals surface area contributed by atoms with Crippen molar-refractivity contribution >= 4 is 16.6 Å². The van der Waals surface area contributed by atoms with E-state index in [-0.39, 0.29) is 0 Å². The summed E-state index contributed by atoms with van der Waals surface area (Å²) in [5.74, 6) is 0. The Hall–Kier alpha value is -2.36. The van der Waals surface area contributed by atoms with Gasteiger partial charge in [0.2, 0.25) is 0 Å². The van der Waals surface area contributed by atoms with Crippen LogP contribution in [0.4, 0.5) is 5.69 Å². The van der Waals surface area contributed by atoms with Crippen LogP contribution < -0.4 is 5.32 Å². The summed E-state index contributed by atoms with van der Waals surface area (Å²) in [5, 5.41) is 4.64. The van der Waals surface area contributed by atoms with Gasteiger partial charge in [0.25, 0.3) is 0 Å². The number of nitrogens with one attached hydrogen (secondary N) is 1. The van der Waals surface area contributed by atoms with Gasteiger partial charge in [0.1, 0.15) is 0 Å². The lowest BCUT2D eigenvalue weighted by Gasteiger charge is -2.11. The SMILES string of the molecule is CCCn1cncc1CNc1cccc2ncccc12. The molecule has 1 N–H and O–H groups in total. The molecule has 0 aliphatic rings. The number of anilines is 1. The van der Waals surface area contributed by atoms with Crippen molar-refractivity contribution in [1.82, 2.24) is 14.5 Å². The topological polar surface area (TPSA) is 42.7 Å². The standard InChI is InChI=1S/C16H18N4/c1-2-9-20-12-17-10-13(20)11-19-16-7-3-6-15-14(16)5-4-8-18-15/h3-8,10,12,19H,2,9,11H2,1H3. The van der Waals surface area contributed by atoms with Crippen molar-refractivity contribution in [3.63, 3.8) is 0 Å². The molecule has 0 amide bonds. The van der Waals surface area contributed by atoms with Gasteiger partial charge in [0.15, 0.2) is 0 Å². The highest BCUT2D eigenvalue weighted by Gasteiger charge is 2.04. The smallest absolute Gasteiger partial charge is 0.0948 e. The molecule has 0 atom stereocenters. The summed E-state index contributed by atoms with van der Waals surface area (Å²) in [6, 6.07) is 10.2. The second-order valence-corrected chi connectivity index (χ2v) is 4.81. The Morgan fingerprint density at radius 2 is 2.15 bits per heavy atom. The summed E-state index contributed by atoms with van der Waals surface area (Å²) in [4.78, 5) is 8.60. The van der Waals surface area contributed by atoms with Crippen LogP contribution >= 0.6 is 0 Å². The number of fused-ring (bicyclic) bond motifs is 1. The molecule has 4 nitrogen and oxygen atoms in total. The lowest BCUT2D eigenvalue weighted by molar-refractivity contribution is 0.651. The van der Waals surface area contributed by atoms with Crippen LogP contribution in [-0.4, -0.2) is 14.5 Å². The zero-order chi connectivity index (χ0) is 13.8. The maximum absolute atomic E-state index is 4.38. The van der Waals surface area contributed by atoms with E-state index in [0.717, 1.165) is 36.1 Å². The van der Waals surface area contributed by atoms with Gasteiger partial charge in [-0.15, -0.1) is 0 Å². The van der Waals surface area contributed by atoms with Crippen molar-refractivity contribution in [3.8, 4) is 0 Å². The van der Waals surface area contributed by atoms with Gasteiger partial charge in [-0.2, -0.15) is 0 Å². The zero-order valence-electron chi connectivity index (χ0n) is 11.6. The lowest BCUT2D eigenvalue weighted by atomic mass is 10.2. The van der Waals surface area contributed by atoms with E-state index in [1.165, 1.54) is 5.69 Å². The number of imidazole rings is 1. The molecule has 1 aromatic carbocycles. The molecule has 3 rings (SSSR count). The molecular formula is C16H18N4. The van der Waals surface area contributed by atoms with E-state index >= 15 is 0 Å². The Bertz CT molecular complexity index is 697. The molecule has 0 saturated carbocycles. The molecule has 0 saturated heterocycles. The van der Waals surface area contributed by atoms with Crippen LogP contribution in [0.15, 0.2) is 49.1 Å². The maximum Gasteiger partial charge on any atom is 0.0948 e. The van der Waals surface area contributed by atoms with Gasteiger partial charge < -0.3 is 9.88 Å². The Kier molecular flexibility index (Phi) is 3.63. The van der Waals surface area contributed by atoms with Crippen molar-refractivity contribution in [3.05, 3.63) is 54.7 Å². The van der Waals surface area contributed by atoms with Gasteiger partial charge in [-0.3, -0.25) is 4.98 Å². The largest absolute Gasteiger partial charge is 0.379 e. The molecule has 2 aromatic heterocycles. The highest BCUT2D eigenvalue weighted by atomic mass is 15.1. The third kappa shape index (κ3) is 2.50. The number of benzene rings is 1. The van der Waals surface area contributed by atoms with E-state index in [2.05, 4.69) is 38.9 Å². The molecule has 3 aromatic rings. The molecule has 0 radical (unpaired) electrons. The van der Waals surface area contributed by atoms with E-state index in [4.69, 9.17) is 0 Å². The minimum atomic E-state index is 0.772. The molecular weight excluding hydrogens is 248 g/mol. The normalized spacial score (nSPS) is 10.8. The Labute approximate surface area is 118 Å². The predicted molar refractivity (Wildman–Crippen MR) is 81.6 cm³/mol. The van der Waals surface area contributed by atoms with Gasteiger partial charge in [-0.1, -0.05) is 13.0 Å². The van der Waals surface area contributed by atoms with Gasteiger partial charge in [-0.05, 0) is 30.7 Å². The summed E-state index contributed by atoms with van der Waals surface area (Å²) >= 11 is 0. The first-order chi connectivity index (χ1) is 9.88. The summed E-state index contributed by atoms with van der Waals surface area (Å²) in [7, 11) is 0.